The summed E-state index contributed by atoms with van der Waals surface area (Å²) in [6.07, 6.45) is -3.48. The van der Waals surface area contributed by atoms with Gasteiger partial charge in [-0.25, -0.2) is 0 Å². The third-order valence-electron chi connectivity index (χ3n) is 3.09. The molecular formula is C12H15F3N2OS. The molecule has 2 heterocycles. The van der Waals surface area contributed by atoms with Crippen molar-refractivity contribution in [3.63, 3.8) is 0 Å². The van der Waals surface area contributed by atoms with Gasteiger partial charge in [-0.1, -0.05) is 0 Å². The van der Waals surface area contributed by atoms with Gasteiger partial charge in [0.2, 0.25) is 5.91 Å². The molecule has 1 aromatic rings. The zero-order valence-electron chi connectivity index (χ0n) is 10.5. The summed E-state index contributed by atoms with van der Waals surface area (Å²) in [6, 6.07) is 2.01. The van der Waals surface area contributed by atoms with Gasteiger partial charge in [0.15, 0.2) is 0 Å². The van der Waals surface area contributed by atoms with Crippen molar-refractivity contribution < 1.29 is 18.0 Å². The molecule has 1 amide bonds. The number of fused-ring (bicyclic) bond motifs is 1. The van der Waals surface area contributed by atoms with E-state index in [1.54, 1.807) is 11.3 Å². The fourth-order valence-electron chi connectivity index (χ4n) is 2.11. The molecule has 106 valence electrons. The van der Waals surface area contributed by atoms with E-state index in [4.69, 9.17) is 0 Å². The number of alkyl halides is 3. The maximum Gasteiger partial charge on any atom is 0.406 e. The second kappa shape index (κ2) is 5.50. The van der Waals surface area contributed by atoms with Crippen LogP contribution in [0.15, 0.2) is 11.4 Å². The summed E-state index contributed by atoms with van der Waals surface area (Å²) in [7, 11) is 1.19. The lowest BCUT2D eigenvalue weighted by molar-refractivity contribution is -0.159. The molecule has 19 heavy (non-hydrogen) atoms. The molecule has 0 fully saturated rings. The van der Waals surface area contributed by atoms with Crippen LogP contribution in [0.1, 0.15) is 10.4 Å². The highest BCUT2D eigenvalue weighted by Crippen LogP contribution is 2.24. The normalized spacial score (nSPS) is 16.2. The fraction of sp³-hybridized carbons (Fsp3) is 0.583. The fourth-order valence-corrected chi connectivity index (χ4v) is 3.00. The monoisotopic (exact) mass is 292 g/mol. The molecule has 0 N–H and O–H groups in total. The lowest BCUT2D eigenvalue weighted by Gasteiger charge is -2.28. The Hall–Kier alpha value is -1.08. The van der Waals surface area contributed by atoms with E-state index >= 15 is 0 Å². The Morgan fingerprint density at radius 1 is 1.53 bits per heavy atom. The minimum absolute atomic E-state index is 0.0435. The number of likely N-dealkylation sites (N-methyl/N-ethyl adjacent to an activating group) is 1. The number of hydrogen-bond acceptors (Lipinski definition) is 3. The minimum Gasteiger partial charge on any atom is -0.336 e. The van der Waals surface area contributed by atoms with E-state index in [0.717, 1.165) is 17.9 Å². The number of nitrogens with zero attached hydrogens (tertiary/aromatic N) is 2. The van der Waals surface area contributed by atoms with Crippen LogP contribution in [0.4, 0.5) is 13.2 Å². The van der Waals surface area contributed by atoms with E-state index in [9.17, 15) is 18.0 Å². The summed E-state index contributed by atoms with van der Waals surface area (Å²) >= 11 is 1.69. The quantitative estimate of drug-likeness (QED) is 0.852. The smallest absolute Gasteiger partial charge is 0.336 e. The van der Waals surface area contributed by atoms with Crippen LogP contribution in [0, 0.1) is 0 Å². The first kappa shape index (κ1) is 14.3. The number of rotatable bonds is 3. The van der Waals surface area contributed by atoms with E-state index < -0.39 is 18.6 Å². The van der Waals surface area contributed by atoms with Crippen LogP contribution in [-0.2, 0) is 17.8 Å². The van der Waals surface area contributed by atoms with Crippen molar-refractivity contribution in [2.24, 2.45) is 0 Å². The summed E-state index contributed by atoms with van der Waals surface area (Å²) in [4.78, 5) is 15.7. The molecule has 0 unspecified atom stereocenters. The van der Waals surface area contributed by atoms with Crippen LogP contribution in [0.3, 0.4) is 0 Å². The maximum atomic E-state index is 12.2. The van der Waals surface area contributed by atoms with Crippen molar-refractivity contribution in [1.29, 1.82) is 0 Å². The molecule has 0 spiro atoms. The van der Waals surface area contributed by atoms with Gasteiger partial charge in [0.1, 0.15) is 6.54 Å². The third-order valence-corrected chi connectivity index (χ3v) is 4.11. The second-order valence-corrected chi connectivity index (χ2v) is 5.70. The van der Waals surface area contributed by atoms with Gasteiger partial charge in [-0.3, -0.25) is 9.69 Å². The van der Waals surface area contributed by atoms with Gasteiger partial charge in [-0.2, -0.15) is 13.2 Å². The zero-order chi connectivity index (χ0) is 14.0. The molecular weight excluding hydrogens is 277 g/mol. The molecule has 1 aliphatic rings. The average molecular weight is 292 g/mol. The number of hydrogen-bond donors (Lipinski definition) is 0. The molecule has 0 saturated carbocycles. The minimum atomic E-state index is -4.34. The number of amides is 1. The Bertz CT molecular complexity index is 458. The predicted octanol–water partition coefficient (Wildman–Crippen LogP) is 2.13. The SMILES string of the molecule is CN(CC(F)(F)F)C(=O)CN1CCc2sccc2C1. The van der Waals surface area contributed by atoms with Crippen molar-refractivity contribution in [3.8, 4) is 0 Å². The van der Waals surface area contributed by atoms with Gasteiger partial charge < -0.3 is 4.90 Å². The molecule has 3 nitrogen and oxygen atoms in total. The van der Waals surface area contributed by atoms with Gasteiger partial charge in [-0.15, -0.1) is 11.3 Å². The van der Waals surface area contributed by atoms with Gasteiger partial charge >= 0.3 is 6.18 Å². The van der Waals surface area contributed by atoms with Crippen molar-refractivity contribution in [2.75, 3.05) is 26.7 Å². The van der Waals surface area contributed by atoms with E-state index in [0.29, 0.717) is 6.54 Å². The predicted molar refractivity (Wildman–Crippen MR) is 67.0 cm³/mol. The van der Waals surface area contributed by atoms with Crippen molar-refractivity contribution in [3.05, 3.63) is 21.9 Å². The Morgan fingerprint density at radius 2 is 2.26 bits per heavy atom. The van der Waals surface area contributed by atoms with E-state index in [2.05, 4.69) is 0 Å². The summed E-state index contributed by atoms with van der Waals surface area (Å²) in [5.41, 5.74) is 1.18. The molecule has 1 aliphatic heterocycles. The van der Waals surface area contributed by atoms with Crippen LogP contribution in [-0.4, -0.2) is 48.6 Å². The van der Waals surface area contributed by atoms with Crippen molar-refractivity contribution in [2.45, 2.75) is 19.1 Å². The molecule has 0 atom stereocenters. The van der Waals surface area contributed by atoms with Gasteiger partial charge in [0, 0.05) is 25.0 Å². The first-order valence-electron chi connectivity index (χ1n) is 5.93. The number of carbonyl (C=O) groups is 1. The van der Waals surface area contributed by atoms with Crippen LogP contribution in [0.5, 0.6) is 0 Å². The standard InChI is InChI=1S/C12H15F3N2OS/c1-16(8-12(13,14)15)11(18)7-17-4-2-10-9(6-17)3-5-19-10/h3,5H,2,4,6-8H2,1H3. The lowest BCUT2D eigenvalue weighted by Crippen LogP contribution is -2.43. The molecule has 7 heteroatoms. The highest BCUT2D eigenvalue weighted by Gasteiger charge is 2.31. The topological polar surface area (TPSA) is 23.6 Å². The first-order chi connectivity index (χ1) is 8.85. The molecule has 0 aliphatic carbocycles. The van der Waals surface area contributed by atoms with Crippen LogP contribution < -0.4 is 0 Å². The number of halogens is 3. The van der Waals surface area contributed by atoms with Crippen molar-refractivity contribution >= 4 is 17.2 Å². The van der Waals surface area contributed by atoms with E-state index in [1.165, 1.54) is 17.5 Å². The zero-order valence-corrected chi connectivity index (χ0v) is 11.4. The van der Waals surface area contributed by atoms with Crippen LogP contribution in [0.2, 0.25) is 0 Å². The molecule has 0 radical (unpaired) electrons. The molecule has 1 aromatic heterocycles. The maximum absolute atomic E-state index is 12.2. The summed E-state index contributed by atoms with van der Waals surface area (Å²) in [5.74, 6) is -0.490. The highest BCUT2D eigenvalue weighted by atomic mass is 32.1. The average Bonchev–Trinajstić information content (AvgIpc) is 2.73. The van der Waals surface area contributed by atoms with Gasteiger partial charge in [-0.05, 0) is 23.4 Å². The Kier molecular flexibility index (Phi) is 4.15. The largest absolute Gasteiger partial charge is 0.406 e. The van der Waals surface area contributed by atoms with Gasteiger partial charge in [0.05, 0.1) is 6.54 Å². The summed E-state index contributed by atoms with van der Waals surface area (Å²) in [5, 5.41) is 2.01. The third kappa shape index (κ3) is 3.94. The lowest BCUT2D eigenvalue weighted by atomic mass is 10.1. The van der Waals surface area contributed by atoms with E-state index in [1.807, 2.05) is 16.3 Å². The molecule has 0 aromatic carbocycles. The Labute approximate surface area is 113 Å². The number of carbonyl (C=O) groups excluding carboxylic acids is 1. The van der Waals surface area contributed by atoms with Crippen molar-refractivity contribution in [1.82, 2.24) is 9.80 Å². The van der Waals surface area contributed by atoms with E-state index in [-0.39, 0.29) is 6.54 Å². The Balaban J connectivity index is 1.87. The second-order valence-electron chi connectivity index (χ2n) is 4.69. The molecule has 2 rings (SSSR count). The molecule has 0 bridgehead atoms. The van der Waals surface area contributed by atoms with Crippen LogP contribution in [0.25, 0.3) is 0 Å². The molecule has 0 saturated heterocycles. The van der Waals surface area contributed by atoms with Crippen LogP contribution >= 0.6 is 11.3 Å². The Morgan fingerprint density at radius 3 is 2.95 bits per heavy atom. The first-order valence-corrected chi connectivity index (χ1v) is 6.81. The van der Waals surface area contributed by atoms with Gasteiger partial charge in [0.25, 0.3) is 0 Å². The summed E-state index contributed by atoms with van der Waals surface area (Å²) in [6.45, 7) is 0.217. The summed E-state index contributed by atoms with van der Waals surface area (Å²) < 4.78 is 36.6. The number of thiophene rings is 1. The highest BCUT2D eigenvalue weighted by molar-refractivity contribution is 7.10.